The first-order chi connectivity index (χ1) is 11.3. The minimum absolute atomic E-state index is 0.0166. The van der Waals surface area contributed by atoms with Gasteiger partial charge in [0.25, 0.3) is 5.91 Å². The Hall–Kier alpha value is -1.70. The van der Waals surface area contributed by atoms with Crippen LogP contribution in [0.5, 0.6) is 0 Å². The van der Waals surface area contributed by atoms with E-state index in [1.807, 2.05) is 56.8 Å². The Morgan fingerprint density at radius 3 is 2.58 bits per heavy atom. The molecule has 0 fully saturated rings. The van der Waals surface area contributed by atoms with Gasteiger partial charge in [0.1, 0.15) is 0 Å². The lowest BCUT2D eigenvalue weighted by molar-refractivity contribution is -0.895. The van der Waals surface area contributed by atoms with E-state index in [2.05, 4.69) is 10.4 Å². The van der Waals surface area contributed by atoms with E-state index in [-0.39, 0.29) is 11.9 Å². The summed E-state index contributed by atoms with van der Waals surface area (Å²) in [5.74, 6) is 0.791. The molecule has 2 aromatic rings. The van der Waals surface area contributed by atoms with Crippen molar-refractivity contribution in [3.8, 4) is 11.4 Å². The van der Waals surface area contributed by atoms with Crippen LogP contribution in [0.1, 0.15) is 13.8 Å². The van der Waals surface area contributed by atoms with Crippen LogP contribution in [0.4, 0.5) is 0 Å². The van der Waals surface area contributed by atoms with Gasteiger partial charge in [-0.25, -0.2) is 0 Å². The summed E-state index contributed by atoms with van der Waals surface area (Å²) in [5.41, 5.74) is 0.946. The van der Waals surface area contributed by atoms with Gasteiger partial charge in [-0.05, 0) is 50.3 Å². The second-order valence-corrected chi connectivity index (χ2v) is 6.99. The van der Waals surface area contributed by atoms with Gasteiger partial charge in [0.05, 0.1) is 7.05 Å². The summed E-state index contributed by atoms with van der Waals surface area (Å²) < 4.78 is 4.22. The highest BCUT2D eigenvalue weighted by Crippen LogP contribution is 2.19. The standard InChI is InChI=1S/C16H22ClN5OS/c1-11(2)18-14(23)9-20(3)10-22-16(24)21(4)15(19-22)12-5-7-13(17)8-6-12/h5-8,11H,9-10H2,1-4H3,(H,18,23)/p+1. The zero-order valence-electron chi connectivity index (χ0n) is 14.3. The van der Waals surface area contributed by atoms with Gasteiger partial charge in [-0.2, -0.15) is 4.68 Å². The number of nitrogens with zero attached hydrogens (tertiary/aromatic N) is 3. The number of aromatic nitrogens is 3. The van der Waals surface area contributed by atoms with E-state index in [0.717, 1.165) is 16.3 Å². The Labute approximate surface area is 152 Å². The molecule has 2 N–H and O–H groups in total. The van der Waals surface area contributed by atoms with Gasteiger partial charge in [-0.1, -0.05) is 11.6 Å². The molecule has 24 heavy (non-hydrogen) atoms. The number of benzene rings is 1. The highest BCUT2D eigenvalue weighted by atomic mass is 35.5. The van der Waals surface area contributed by atoms with E-state index in [1.165, 1.54) is 0 Å². The molecule has 0 aliphatic heterocycles. The molecule has 0 aliphatic rings. The number of halogens is 1. The van der Waals surface area contributed by atoms with Crippen molar-refractivity contribution in [3.63, 3.8) is 0 Å². The van der Waals surface area contributed by atoms with Crippen LogP contribution in [-0.2, 0) is 18.5 Å². The van der Waals surface area contributed by atoms with Crippen LogP contribution < -0.4 is 10.2 Å². The molecule has 6 nitrogen and oxygen atoms in total. The molecule has 2 rings (SSSR count). The minimum atomic E-state index is 0.0166. The molecule has 1 aromatic carbocycles. The topological polar surface area (TPSA) is 56.3 Å². The highest BCUT2D eigenvalue weighted by Gasteiger charge is 2.15. The number of carbonyl (C=O) groups excluding carboxylic acids is 1. The van der Waals surface area contributed by atoms with Gasteiger partial charge in [0.2, 0.25) is 4.77 Å². The number of carbonyl (C=O) groups is 1. The Bertz CT molecular complexity index is 766. The third-order valence-corrected chi connectivity index (χ3v) is 4.21. The van der Waals surface area contributed by atoms with E-state index < -0.39 is 0 Å². The summed E-state index contributed by atoms with van der Waals surface area (Å²) in [5, 5.41) is 8.17. The van der Waals surface area contributed by atoms with Gasteiger partial charge in [-0.3, -0.25) is 4.79 Å². The number of amides is 1. The monoisotopic (exact) mass is 368 g/mol. The largest absolute Gasteiger partial charge is 0.349 e. The van der Waals surface area contributed by atoms with Crippen LogP contribution in [0.2, 0.25) is 5.02 Å². The molecule has 0 aliphatic carbocycles. The summed E-state index contributed by atoms with van der Waals surface area (Å²) in [6.07, 6.45) is 0. The highest BCUT2D eigenvalue weighted by molar-refractivity contribution is 7.71. The molecule has 1 atom stereocenters. The maximum Gasteiger partial charge on any atom is 0.275 e. The summed E-state index contributed by atoms with van der Waals surface area (Å²) in [7, 11) is 3.83. The van der Waals surface area contributed by atoms with E-state index in [4.69, 9.17) is 23.8 Å². The normalized spacial score (nSPS) is 12.4. The molecule has 0 saturated heterocycles. The Morgan fingerprint density at radius 2 is 2.00 bits per heavy atom. The van der Waals surface area contributed by atoms with Gasteiger partial charge < -0.3 is 14.8 Å². The predicted molar refractivity (Wildman–Crippen MR) is 97.5 cm³/mol. The molecule has 0 radical (unpaired) electrons. The summed E-state index contributed by atoms with van der Waals surface area (Å²) in [6.45, 7) is 4.78. The average molecular weight is 369 g/mol. The lowest BCUT2D eigenvalue weighted by Crippen LogP contribution is -3.09. The maximum atomic E-state index is 11.9. The number of quaternary nitrogens is 1. The first-order valence-corrected chi connectivity index (χ1v) is 8.57. The number of rotatable bonds is 6. The fourth-order valence-electron chi connectivity index (χ4n) is 2.40. The third-order valence-electron chi connectivity index (χ3n) is 3.47. The van der Waals surface area contributed by atoms with Crippen LogP contribution in [0.15, 0.2) is 24.3 Å². The number of nitrogens with one attached hydrogen (secondary N) is 2. The third kappa shape index (κ3) is 4.66. The zero-order valence-corrected chi connectivity index (χ0v) is 15.9. The molecular formula is C16H23ClN5OS+. The van der Waals surface area contributed by atoms with Crippen molar-refractivity contribution in [2.75, 3.05) is 13.6 Å². The van der Waals surface area contributed by atoms with Gasteiger partial charge in [-0.15, -0.1) is 5.10 Å². The number of likely N-dealkylation sites (N-methyl/N-ethyl adjacent to an activating group) is 1. The van der Waals surface area contributed by atoms with E-state index in [0.29, 0.717) is 23.0 Å². The van der Waals surface area contributed by atoms with Crippen molar-refractivity contribution in [2.24, 2.45) is 7.05 Å². The van der Waals surface area contributed by atoms with E-state index in [9.17, 15) is 4.79 Å². The Morgan fingerprint density at radius 1 is 1.38 bits per heavy atom. The van der Waals surface area contributed by atoms with Gasteiger partial charge >= 0.3 is 0 Å². The van der Waals surface area contributed by atoms with Crippen LogP contribution in [0, 0.1) is 4.77 Å². The SMILES string of the molecule is CC(C)NC(=O)C[NH+](C)Cn1nc(-c2ccc(Cl)cc2)n(C)c1=S. The molecule has 1 aromatic heterocycles. The van der Waals surface area contributed by atoms with Gasteiger partial charge in [0.15, 0.2) is 19.0 Å². The van der Waals surface area contributed by atoms with Crippen molar-refractivity contribution in [3.05, 3.63) is 34.1 Å². The second-order valence-electron chi connectivity index (χ2n) is 6.19. The first-order valence-electron chi connectivity index (χ1n) is 7.78. The van der Waals surface area contributed by atoms with Crippen molar-refractivity contribution in [1.82, 2.24) is 19.7 Å². The predicted octanol–water partition coefficient (Wildman–Crippen LogP) is 1.27. The van der Waals surface area contributed by atoms with Crippen LogP contribution in [-0.4, -0.2) is 39.9 Å². The summed E-state index contributed by atoms with van der Waals surface area (Å²) in [6, 6.07) is 7.62. The molecule has 1 heterocycles. The molecule has 8 heteroatoms. The average Bonchev–Trinajstić information content (AvgIpc) is 2.75. The first kappa shape index (κ1) is 18.6. The van der Waals surface area contributed by atoms with Crippen LogP contribution >= 0.6 is 23.8 Å². The minimum Gasteiger partial charge on any atom is -0.349 e. The fraction of sp³-hybridized carbons (Fsp3) is 0.438. The molecular weight excluding hydrogens is 346 g/mol. The fourth-order valence-corrected chi connectivity index (χ4v) is 2.72. The van der Waals surface area contributed by atoms with Crippen LogP contribution in [0.3, 0.4) is 0 Å². The molecule has 0 spiro atoms. The van der Waals surface area contributed by atoms with Crippen molar-refractivity contribution in [2.45, 2.75) is 26.6 Å². The quantitative estimate of drug-likeness (QED) is 0.755. The lowest BCUT2D eigenvalue weighted by Gasteiger charge is -2.14. The summed E-state index contributed by atoms with van der Waals surface area (Å²) >= 11 is 11.4. The molecule has 1 unspecified atom stereocenters. The van der Waals surface area contributed by atoms with E-state index in [1.54, 1.807) is 4.68 Å². The molecule has 0 bridgehead atoms. The number of hydrogen-bond acceptors (Lipinski definition) is 3. The number of hydrogen-bond donors (Lipinski definition) is 2. The molecule has 1 amide bonds. The van der Waals surface area contributed by atoms with Gasteiger partial charge in [0, 0.05) is 23.7 Å². The Kier molecular flexibility index (Phi) is 6.15. The smallest absolute Gasteiger partial charge is 0.275 e. The van der Waals surface area contributed by atoms with E-state index >= 15 is 0 Å². The zero-order chi connectivity index (χ0) is 17.9. The van der Waals surface area contributed by atoms with Crippen molar-refractivity contribution in [1.29, 1.82) is 0 Å². The molecule has 130 valence electrons. The van der Waals surface area contributed by atoms with Crippen molar-refractivity contribution >= 4 is 29.7 Å². The van der Waals surface area contributed by atoms with Crippen LogP contribution in [0.25, 0.3) is 11.4 Å². The Balaban J connectivity index is 2.14. The summed E-state index contributed by atoms with van der Waals surface area (Å²) in [4.78, 5) is 12.9. The second kappa shape index (κ2) is 7.92. The molecule has 0 saturated carbocycles. The van der Waals surface area contributed by atoms with Crippen molar-refractivity contribution < 1.29 is 9.69 Å². The lowest BCUT2D eigenvalue weighted by atomic mass is 10.2. The maximum absolute atomic E-state index is 11.9.